The SMILES string of the molecule is CC(C)(C)OC(=O)CC(CCCC1CCCCC1)c1nc(CNS/C(C=N)=C/N)no1. The molecule has 2 rings (SSSR count). The van der Waals surface area contributed by atoms with Crippen LogP contribution in [0, 0.1) is 11.3 Å². The van der Waals surface area contributed by atoms with Crippen LogP contribution in [0.3, 0.4) is 0 Å². The van der Waals surface area contributed by atoms with Crippen LogP contribution in [0.2, 0.25) is 0 Å². The molecule has 0 bridgehead atoms. The molecule has 0 radical (unpaired) electrons. The number of carbonyl (C=O) groups is 1. The monoisotopic (exact) mass is 451 g/mol. The Morgan fingerprint density at radius 1 is 1.39 bits per heavy atom. The lowest BCUT2D eigenvalue weighted by molar-refractivity contribution is -0.155. The van der Waals surface area contributed by atoms with Gasteiger partial charge in [0, 0.05) is 18.3 Å². The summed E-state index contributed by atoms with van der Waals surface area (Å²) in [6.07, 6.45) is 12.5. The number of nitrogens with zero attached hydrogens (tertiary/aromatic N) is 2. The zero-order valence-corrected chi connectivity index (χ0v) is 19.8. The van der Waals surface area contributed by atoms with Crippen LogP contribution in [0.4, 0.5) is 0 Å². The lowest BCUT2D eigenvalue weighted by Crippen LogP contribution is -2.25. The molecule has 1 unspecified atom stereocenters. The van der Waals surface area contributed by atoms with Gasteiger partial charge in [-0.05, 0) is 45.1 Å². The Balaban J connectivity index is 1.95. The van der Waals surface area contributed by atoms with Gasteiger partial charge in [0.2, 0.25) is 5.89 Å². The van der Waals surface area contributed by atoms with Crippen LogP contribution in [0.5, 0.6) is 0 Å². The number of hydrogen-bond acceptors (Lipinski definition) is 9. The summed E-state index contributed by atoms with van der Waals surface area (Å²) in [6, 6.07) is 0. The number of aromatic nitrogens is 2. The molecule has 1 heterocycles. The minimum Gasteiger partial charge on any atom is -0.460 e. The highest BCUT2D eigenvalue weighted by atomic mass is 32.2. The Hall–Kier alpha value is -1.87. The summed E-state index contributed by atoms with van der Waals surface area (Å²) in [7, 11) is 0. The van der Waals surface area contributed by atoms with Crippen molar-refractivity contribution in [2.45, 2.75) is 96.6 Å². The second-order valence-corrected chi connectivity index (χ2v) is 10.1. The third-order valence-corrected chi connectivity index (χ3v) is 6.06. The van der Waals surface area contributed by atoms with Gasteiger partial charge in [-0.15, -0.1) is 0 Å². The van der Waals surface area contributed by atoms with E-state index in [-0.39, 0.29) is 18.3 Å². The minimum absolute atomic E-state index is 0.145. The van der Waals surface area contributed by atoms with Gasteiger partial charge >= 0.3 is 5.97 Å². The number of nitrogens with one attached hydrogen (secondary N) is 2. The van der Waals surface area contributed by atoms with Crippen molar-refractivity contribution in [2.75, 3.05) is 0 Å². The summed E-state index contributed by atoms with van der Waals surface area (Å²) in [5.41, 5.74) is 4.91. The molecule has 1 aliphatic rings. The van der Waals surface area contributed by atoms with E-state index < -0.39 is 5.60 Å². The van der Waals surface area contributed by atoms with Crippen LogP contribution in [0.1, 0.15) is 96.2 Å². The first-order chi connectivity index (χ1) is 14.8. The lowest BCUT2D eigenvalue weighted by atomic mass is 9.84. The fourth-order valence-corrected chi connectivity index (χ4v) is 4.32. The molecule has 4 N–H and O–H groups in total. The fraction of sp³-hybridized carbons (Fsp3) is 0.727. The van der Waals surface area contributed by atoms with E-state index in [1.165, 1.54) is 62.9 Å². The normalized spacial score (nSPS) is 16.8. The van der Waals surface area contributed by atoms with Crippen LogP contribution < -0.4 is 10.5 Å². The second-order valence-electron chi connectivity index (χ2n) is 9.11. The number of esters is 1. The maximum Gasteiger partial charge on any atom is 0.307 e. The second kappa shape index (κ2) is 12.9. The third-order valence-electron chi connectivity index (χ3n) is 5.28. The molecule has 1 atom stereocenters. The summed E-state index contributed by atoms with van der Waals surface area (Å²) in [6.45, 7) is 5.97. The van der Waals surface area contributed by atoms with E-state index in [2.05, 4.69) is 14.9 Å². The molecule has 0 spiro atoms. The Kier molecular flexibility index (Phi) is 10.5. The van der Waals surface area contributed by atoms with E-state index in [4.69, 9.17) is 20.4 Å². The number of nitrogens with two attached hydrogens (primary N) is 1. The fourth-order valence-electron chi connectivity index (χ4n) is 3.83. The molecule has 1 aromatic heterocycles. The molecule has 0 aliphatic heterocycles. The van der Waals surface area contributed by atoms with Gasteiger partial charge in [0.1, 0.15) is 5.60 Å². The average Bonchev–Trinajstić information content (AvgIpc) is 3.19. The topological polar surface area (TPSA) is 127 Å². The molecular formula is C22H37N5O3S. The summed E-state index contributed by atoms with van der Waals surface area (Å²) in [5.74, 6) is 1.40. The van der Waals surface area contributed by atoms with Crippen molar-refractivity contribution < 1.29 is 14.1 Å². The maximum atomic E-state index is 12.5. The number of ether oxygens (including phenoxy) is 1. The van der Waals surface area contributed by atoms with Crippen molar-refractivity contribution in [1.82, 2.24) is 14.9 Å². The smallest absolute Gasteiger partial charge is 0.307 e. The van der Waals surface area contributed by atoms with Crippen molar-refractivity contribution in [1.29, 1.82) is 5.41 Å². The first kappa shape index (κ1) is 25.4. The highest BCUT2D eigenvalue weighted by Gasteiger charge is 2.26. The van der Waals surface area contributed by atoms with E-state index in [0.717, 1.165) is 18.8 Å². The Morgan fingerprint density at radius 2 is 2.13 bits per heavy atom. The van der Waals surface area contributed by atoms with Gasteiger partial charge in [-0.1, -0.05) is 50.1 Å². The highest BCUT2D eigenvalue weighted by molar-refractivity contribution is 8.02. The summed E-state index contributed by atoms with van der Waals surface area (Å²) >= 11 is 1.23. The standard InChI is InChI=1S/C22H37N5O3S/c1-22(2,3)29-20(28)12-17(11-7-10-16-8-5-4-6-9-16)21-26-19(27-30-21)15-25-31-18(13-23)14-24/h13-14,16-17,23,25H,4-12,15,24H2,1-3H3/b18-14+,23-13?. The summed E-state index contributed by atoms with van der Waals surface area (Å²) in [5, 5.41) is 11.3. The maximum absolute atomic E-state index is 12.5. The number of rotatable bonds is 12. The number of carbonyl (C=O) groups excluding carboxylic acids is 1. The van der Waals surface area contributed by atoms with Crippen molar-refractivity contribution >= 4 is 24.1 Å². The van der Waals surface area contributed by atoms with Crippen molar-refractivity contribution in [3.63, 3.8) is 0 Å². The van der Waals surface area contributed by atoms with Crippen LogP contribution in [-0.2, 0) is 16.1 Å². The van der Waals surface area contributed by atoms with Crippen LogP contribution >= 0.6 is 11.9 Å². The van der Waals surface area contributed by atoms with Crippen LogP contribution in [-0.4, -0.2) is 27.9 Å². The van der Waals surface area contributed by atoms with Gasteiger partial charge in [0.25, 0.3) is 0 Å². The van der Waals surface area contributed by atoms with Crippen LogP contribution in [0.15, 0.2) is 15.6 Å². The quantitative estimate of drug-likeness (QED) is 0.234. The molecule has 0 saturated heterocycles. The molecule has 8 nitrogen and oxygen atoms in total. The Bertz CT molecular complexity index is 723. The predicted molar refractivity (Wildman–Crippen MR) is 123 cm³/mol. The molecule has 1 aromatic rings. The van der Waals surface area contributed by atoms with E-state index >= 15 is 0 Å². The zero-order chi connectivity index (χ0) is 22.7. The number of allylic oxidation sites excluding steroid dienone is 1. The third kappa shape index (κ3) is 9.86. The molecule has 31 heavy (non-hydrogen) atoms. The van der Waals surface area contributed by atoms with Gasteiger partial charge in [-0.3, -0.25) is 9.52 Å². The highest BCUT2D eigenvalue weighted by Crippen LogP contribution is 2.31. The van der Waals surface area contributed by atoms with E-state index in [9.17, 15) is 4.79 Å². The molecule has 1 saturated carbocycles. The van der Waals surface area contributed by atoms with Crippen molar-refractivity contribution in [3.05, 3.63) is 22.8 Å². The van der Waals surface area contributed by atoms with Gasteiger partial charge in [0.05, 0.1) is 17.9 Å². The Morgan fingerprint density at radius 3 is 2.77 bits per heavy atom. The average molecular weight is 452 g/mol. The van der Waals surface area contributed by atoms with Crippen LogP contribution in [0.25, 0.3) is 0 Å². The summed E-state index contributed by atoms with van der Waals surface area (Å²) < 4.78 is 14.1. The lowest BCUT2D eigenvalue weighted by Gasteiger charge is -2.23. The van der Waals surface area contributed by atoms with E-state index in [1.54, 1.807) is 0 Å². The van der Waals surface area contributed by atoms with Gasteiger partial charge in [-0.25, -0.2) is 0 Å². The van der Waals surface area contributed by atoms with Gasteiger partial charge in [0.15, 0.2) is 5.82 Å². The van der Waals surface area contributed by atoms with Crippen molar-refractivity contribution in [3.8, 4) is 0 Å². The first-order valence-corrected chi connectivity index (χ1v) is 12.0. The molecular weight excluding hydrogens is 414 g/mol. The largest absolute Gasteiger partial charge is 0.460 e. The van der Waals surface area contributed by atoms with Gasteiger partial charge < -0.3 is 20.4 Å². The first-order valence-electron chi connectivity index (χ1n) is 11.2. The molecule has 1 fully saturated rings. The minimum atomic E-state index is -0.520. The molecule has 174 valence electrons. The van der Waals surface area contributed by atoms with E-state index in [1.807, 2.05) is 20.8 Å². The van der Waals surface area contributed by atoms with Crippen molar-refractivity contribution in [2.24, 2.45) is 11.7 Å². The zero-order valence-electron chi connectivity index (χ0n) is 19.0. The Labute approximate surface area is 189 Å². The molecule has 0 amide bonds. The molecule has 1 aliphatic carbocycles. The molecule has 9 heteroatoms. The molecule has 0 aromatic carbocycles. The number of hydrogen-bond donors (Lipinski definition) is 3. The van der Waals surface area contributed by atoms with Gasteiger partial charge in [-0.2, -0.15) is 4.98 Å². The summed E-state index contributed by atoms with van der Waals surface area (Å²) in [4.78, 5) is 17.6. The predicted octanol–water partition coefficient (Wildman–Crippen LogP) is 4.82. The van der Waals surface area contributed by atoms with E-state index in [0.29, 0.717) is 23.2 Å².